The smallest absolute Gasteiger partial charge is 0.395 e. The molecule has 2 aromatic heterocycles. The molecule has 0 radical (unpaired) electrons. The first-order valence-corrected chi connectivity index (χ1v) is 8.99. The Balaban J connectivity index is 1.59. The second kappa shape index (κ2) is 6.77. The molecule has 1 aliphatic rings. The van der Waals surface area contributed by atoms with Crippen LogP contribution in [0.15, 0.2) is 71.8 Å². The number of fused-ring (bicyclic) bond motifs is 1. The Morgan fingerprint density at radius 3 is 2.68 bits per heavy atom. The average Bonchev–Trinajstić information content (AvgIpc) is 3.36. The molecule has 0 N–H and O–H groups in total. The van der Waals surface area contributed by atoms with Crippen molar-refractivity contribution in [1.29, 1.82) is 5.26 Å². The van der Waals surface area contributed by atoms with Gasteiger partial charge in [0.1, 0.15) is 0 Å². The van der Waals surface area contributed by atoms with Crippen LogP contribution < -0.4 is 14.9 Å². The number of rotatable bonds is 3. The highest BCUT2D eigenvalue weighted by Crippen LogP contribution is 2.41. The van der Waals surface area contributed by atoms with E-state index in [4.69, 9.17) is 5.26 Å². The van der Waals surface area contributed by atoms with E-state index in [0.717, 1.165) is 0 Å². The molecule has 1 aliphatic heterocycles. The summed E-state index contributed by atoms with van der Waals surface area (Å²) in [4.78, 5) is 12.6. The third-order valence-electron chi connectivity index (χ3n) is 4.56. The number of benzene rings is 2. The fourth-order valence-corrected chi connectivity index (χ4v) is 3.20. The Bertz CT molecular complexity index is 1420. The van der Waals surface area contributed by atoms with Gasteiger partial charge in [-0.1, -0.05) is 6.07 Å². The first-order valence-electron chi connectivity index (χ1n) is 8.99. The van der Waals surface area contributed by atoms with Crippen LogP contribution in [-0.2, 0) is 0 Å². The molecule has 5 rings (SSSR count). The second-order valence-electron chi connectivity index (χ2n) is 6.56. The van der Waals surface area contributed by atoms with Crippen LogP contribution in [0.5, 0.6) is 11.5 Å². The van der Waals surface area contributed by atoms with Gasteiger partial charge in [-0.15, -0.1) is 8.78 Å². The topological polar surface area (TPSA) is 95.0 Å². The molecule has 2 aromatic carbocycles. The number of nitriles is 1. The molecule has 0 amide bonds. The molecule has 4 aromatic rings. The summed E-state index contributed by atoms with van der Waals surface area (Å²) in [5.41, 5.74) is 1.54. The zero-order valence-corrected chi connectivity index (χ0v) is 15.6. The summed E-state index contributed by atoms with van der Waals surface area (Å²) in [6.07, 6.45) is -0.804. The molecule has 10 heteroatoms. The van der Waals surface area contributed by atoms with Crippen molar-refractivity contribution in [3.63, 3.8) is 0 Å². The molecule has 3 heterocycles. The summed E-state index contributed by atoms with van der Waals surface area (Å²) >= 11 is 0. The van der Waals surface area contributed by atoms with Crippen molar-refractivity contribution in [3.05, 3.63) is 82.8 Å². The number of nitrogens with zero attached hydrogens (tertiary/aromatic N) is 5. The molecule has 0 aliphatic carbocycles. The number of aromatic nitrogens is 4. The second-order valence-corrected chi connectivity index (χ2v) is 6.56. The van der Waals surface area contributed by atoms with E-state index in [1.165, 1.54) is 46.0 Å². The normalized spacial score (nSPS) is 13.7. The van der Waals surface area contributed by atoms with Crippen molar-refractivity contribution in [1.82, 2.24) is 19.6 Å². The SMILES string of the molecule is N#Cc1cccc(-n2nccc2-c2nn(-c3ccc4c(c3)OC(F)(F)O4)ccc2=O)c1. The van der Waals surface area contributed by atoms with Crippen LogP contribution in [0.4, 0.5) is 8.78 Å². The lowest BCUT2D eigenvalue weighted by Gasteiger charge is -2.10. The van der Waals surface area contributed by atoms with Crippen LogP contribution in [0.3, 0.4) is 0 Å². The monoisotopic (exact) mass is 419 g/mol. The highest BCUT2D eigenvalue weighted by atomic mass is 19.3. The van der Waals surface area contributed by atoms with Gasteiger partial charge in [0.2, 0.25) is 5.43 Å². The quantitative estimate of drug-likeness (QED) is 0.506. The van der Waals surface area contributed by atoms with Crippen molar-refractivity contribution in [2.24, 2.45) is 0 Å². The molecule has 152 valence electrons. The highest BCUT2D eigenvalue weighted by molar-refractivity contribution is 5.58. The van der Waals surface area contributed by atoms with E-state index >= 15 is 0 Å². The van der Waals surface area contributed by atoms with E-state index in [0.29, 0.717) is 22.6 Å². The van der Waals surface area contributed by atoms with Crippen molar-refractivity contribution >= 4 is 0 Å². The Morgan fingerprint density at radius 1 is 1.00 bits per heavy atom. The minimum Gasteiger partial charge on any atom is -0.395 e. The van der Waals surface area contributed by atoms with Gasteiger partial charge < -0.3 is 9.47 Å². The number of halogens is 2. The molecule has 31 heavy (non-hydrogen) atoms. The van der Waals surface area contributed by atoms with E-state index in [1.807, 2.05) is 0 Å². The summed E-state index contributed by atoms with van der Waals surface area (Å²) in [6.45, 7) is 0. The van der Waals surface area contributed by atoms with Crippen molar-refractivity contribution < 1.29 is 18.3 Å². The largest absolute Gasteiger partial charge is 0.586 e. The van der Waals surface area contributed by atoms with Gasteiger partial charge in [-0.3, -0.25) is 4.79 Å². The maximum Gasteiger partial charge on any atom is 0.586 e. The summed E-state index contributed by atoms with van der Waals surface area (Å²) < 4.78 is 38.3. The number of hydrogen-bond donors (Lipinski definition) is 0. The third kappa shape index (κ3) is 3.28. The summed E-state index contributed by atoms with van der Waals surface area (Å²) in [5, 5.41) is 17.8. The van der Waals surface area contributed by atoms with Crippen molar-refractivity contribution in [3.8, 4) is 40.3 Å². The molecule has 0 atom stereocenters. The minimum atomic E-state index is -3.73. The van der Waals surface area contributed by atoms with E-state index in [9.17, 15) is 13.6 Å². The fourth-order valence-electron chi connectivity index (χ4n) is 3.20. The summed E-state index contributed by atoms with van der Waals surface area (Å²) in [7, 11) is 0. The van der Waals surface area contributed by atoms with Crippen LogP contribution in [0.1, 0.15) is 5.56 Å². The molecule has 0 saturated carbocycles. The van der Waals surface area contributed by atoms with Crippen LogP contribution in [0.25, 0.3) is 22.8 Å². The molecule has 0 spiro atoms. The molecule has 0 fully saturated rings. The molecular formula is C21H11F2N5O3. The molecule has 0 unspecified atom stereocenters. The van der Waals surface area contributed by atoms with Crippen molar-refractivity contribution in [2.75, 3.05) is 0 Å². The summed E-state index contributed by atoms with van der Waals surface area (Å²) in [5.74, 6) is -0.228. The molecule has 0 saturated heterocycles. The maximum atomic E-state index is 13.3. The van der Waals surface area contributed by atoms with E-state index in [1.54, 1.807) is 30.3 Å². The lowest BCUT2D eigenvalue weighted by Crippen LogP contribution is -2.25. The Morgan fingerprint density at radius 2 is 1.84 bits per heavy atom. The third-order valence-corrected chi connectivity index (χ3v) is 4.56. The van der Waals surface area contributed by atoms with Gasteiger partial charge in [0.15, 0.2) is 17.2 Å². The molecule has 0 bridgehead atoms. The van der Waals surface area contributed by atoms with Gasteiger partial charge in [0.25, 0.3) is 0 Å². The number of hydrogen-bond acceptors (Lipinski definition) is 6. The van der Waals surface area contributed by atoms with Crippen molar-refractivity contribution in [2.45, 2.75) is 6.29 Å². The zero-order valence-electron chi connectivity index (χ0n) is 15.6. The molecular weight excluding hydrogens is 408 g/mol. The number of alkyl halides is 2. The first kappa shape index (κ1) is 18.5. The van der Waals surface area contributed by atoms with Gasteiger partial charge >= 0.3 is 6.29 Å². The summed E-state index contributed by atoms with van der Waals surface area (Å²) in [6, 6.07) is 15.9. The van der Waals surface area contributed by atoms with E-state index in [2.05, 4.69) is 25.7 Å². The Hall–Kier alpha value is -4.52. The van der Waals surface area contributed by atoms with Crippen LogP contribution >= 0.6 is 0 Å². The van der Waals surface area contributed by atoms with E-state index < -0.39 is 6.29 Å². The van der Waals surface area contributed by atoms with Gasteiger partial charge in [-0.25, -0.2) is 9.36 Å². The lowest BCUT2D eigenvalue weighted by molar-refractivity contribution is -0.286. The van der Waals surface area contributed by atoms with Crippen LogP contribution in [-0.4, -0.2) is 25.9 Å². The maximum absolute atomic E-state index is 13.3. The minimum absolute atomic E-state index is 0.0883. The average molecular weight is 419 g/mol. The van der Waals surface area contributed by atoms with Gasteiger partial charge in [-0.2, -0.15) is 15.5 Å². The van der Waals surface area contributed by atoms with Gasteiger partial charge in [-0.05, 0) is 36.4 Å². The Kier molecular flexibility index (Phi) is 4.04. The van der Waals surface area contributed by atoms with E-state index in [-0.39, 0.29) is 22.6 Å². The Labute approximate surface area is 173 Å². The van der Waals surface area contributed by atoms with Gasteiger partial charge in [0.05, 0.1) is 34.9 Å². The molecule has 8 nitrogen and oxygen atoms in total. The zero-order chi connectivity index (χ0) is 21.6. The lowest BCUT2D eigenvalue weighted by atomic mass is 10.2. The first-order chi connectivity index (χ1) is 14.9. The predicted octanol–water partition coefficient (Wildman–Crippen LogP) is 3.28. The standard InChI is InChI=1S/C21H11F2N5O3/c22-21(23)30-18-5-4-14(11-19(18)31-21)27-9-7-17(29)20(26-27)16-6-8-25-28(16)15-3-1-2-13(10-15)12-24/h1-11H. The van der Waals surface area contributed by atoms with Gasteiger partial charge in [0, 0.05) is 18.3 Å². The van der Waals surface area contributed by atoms with Crippen LogP contribution in [0.2, 0.25) is 0 Å². The predicted molar refractivity (Wildman–Crippen MR) is 103 cm³/mol. The highest BCUT2D eigenvalue weighted by Gasteiger charge is 2.43. The fraction of sp³-hybridized carbons (Fsp3) is 0.0476. The van der Waals surface area contributed by atoms with Crippen LogP contribution in [0, 0.1) is 11.3 Å². The number of ether oxygens (including phenoxy) is 2.